The molecule has 0 heterocycles. The average molecular weight is 293 g/mol. The summed E-state index contributed by atoms with van der Waals surface area (Å²) in [5, 5.41) is 0. The zero-order valence-corrected chi connectivity index (χ0v) is 13.6. The second kappa shape index (κ2) is 8.10. The number of nitrogen functional groups attached to an aromatic ring is 2. The summed E-state index contributed by atoms with van der Waals surface area (Å²) in [4.78, 5) is 0. The fraction of sp³-hybridized carbons (Fsp3) is 0.625. The van der Waals surface area contributed by atoms with Crippen molar-refractivity contribution < 1.29 is 0 Å². The van der Waals surface area contributed by atoms with Gasteiger partial charge in [-0.1, -0.05) is 26.7 Å². The maximum Gasteiger partial charge on any atom is 0.0719 e. The third-order valence-electron chi connectivity index (χ3n) is 4.30. The van der Waals surface area contributed by atoms with Crippen LogP contribution in [0.4, 0.5) is 17.1 Å². The van der Waals surface area contributed by atoms with Gasteiger partial charge in [-0.25, -0.2) is 5.43 Å². The van der Waals surface area contributed by atoms with E-state index in [1.807, 2.05) is 6.07 Å². The molecule has 2 unspecified atom stereocenters. The molecule has 2 rings (SSSR count). The lowest BCUT2D eigenvalue weighted by Crippen LogP contribution is -2.33. The summed E-state index contributed by atoms with van der Waals surface area (Å²) in [6.07, 6.45) is 6.50. The van der Waals surface area contributed by atoms with Crippen LogP contribution in [0.1, 0.15) is 46.0 Å². The first kappa shape index (κ1) is 17.6. The van der Waals surface area contributed by atoms with E-state index in [4.69, 9.17) is 17.2 Å². The summed E-state index contributed by atoms with van der Waals surface area (Å²) in [5.74, 6) is 0. The first-order valence-electron chi connectivity index (χ1n) is 7.73. The van der Waals surface area contributed by atoms with E-state index in [2.05, 4.69) is 24.7 Å². The molecule has 0 bridgehead atoms. The van der Waals surface area contributed by atoms with Crippen LogP contribution >= 0.6 is 0 Å². The maximum absolute atomic E-state index is 5.89. The van der Waals surface area contributed by atoms with Crippen LogP contribution in [0.2, 0.25) is 0 Å². The molecule has 1 aromatic rings. The third kappa shape index (κ3) is 5.81. The van der Waals surface area contributed by atoms with E-state index >= 15 is 0 Å². The summed E-state index contributed by atoms with van der Waals surface area (Å²) in [6.45, 7) is 4.64. The minimum absolute atomic E-state index is 0.485. The molecule has 0 spiro atoms. The molecule has 120 valence electrons. The molecule has 1 fully saturated rings. The Hall–Kier alpha value is -1.46. The molecule has 1 aliphatic carbocycles. The average Bonchev–Trinajstić information content (AvgIpc) is 2.43. The molecule has 0 aliphatic heterocycles. The zero-order valence-electron chi connectivity index (χ0n) is 13.6. The normalized spacial score (nSPS) is 24.9. The third-order valence-corrected chi connectivity index (χ3v) is 4.30. The minimum atomic E-state index is 0.485. The second-order valence-electron chi connectivity index (χ2n) is 6.24. The van der Waals surface area contributed by atoms with Gasteiger partial charge in [0.2, 0.25) is 0 Å². The van der Waals surface area contributed by atoms with Gasteiger partial charge in [0.15, 0.2) is 0 Å². The van der Waals surface area contributed by atoms with Crippen molar-refractivity contribution in [1.29, 1.82) is 0 Å². The van der Waals surface area contributed by atoms with Crippen LogP contribution in [0, 0.1) is 5.41 Å². The largest absolute Gasteiger partial charge is 0.399 e. The van der Waals surface area contributed by atoms with Crippen molar-refractivity contribution in [2.45, 2.75) is 52.0 Å². The number of hydrazine groups is 1. The fourth-order valence-electron chi connectivity index (χ4n) is 2.78. The summed E-state index contributed by atoms with van der Waals surface area (Å²) in [6, 6.07) is 5.80. The van der Waals surface area contributed by atoms with Gasteiger partial charge in [0.1, 0.15) is 0 Å². The predicted molar refractivity (Wildman–Crippen MR) is 92.8 cm³/mol. The number of nitrogens with two attached hydrogens (primary N) is 3. The van der Waals surface area contributed by atoms with Crippen LogP contribution in [-0.2, 0) is 0 Å². The van der Waals surface area contributed by atoms with Crippen LogP contribution in [0.5, 0.6) is 0 Å². The van der Waals surface area contributed by atoms with Crippen LogP contribution in [0.25, 0.3) is 0 Å². The molecule has 0 amide bonds. The van der Waals surface area contributed by atoms with Crippen molar-refractivity contribution in [1.82, 2.24) is 5.43 Å². The van der Waals surface area contributed by atoms with Crippen molar-refractivity contribution in [3.63, 3.8) is 0 Å². The smallest absolute Gasteiger partial charge is 0.0719 e. The maximum atomic E-state index is 5.89. The Kier molecular flexibility index (Phi) is 6.78. The van der Waals surface area contributed by atoms with Crippen LogP contribution in [0.15, 0.2) is 18.2 Å². The highest BCUT2D eigenvalue weighted by Crippen LogP contribution is 2.37. The lowest BCUT2D eigenvalue weighted by molar-refractivity contribution is 0.188. The van der Waals surface area contributed by atoms with Crippen LogP contribution < -0.4 is 28.1 Å². The molecule has 5 heteroatoms. The van der Waals surface area contributed by atoms with Crippen molar-refractivity contribution in [3.8, 4) is 0 Å². The number of rotatable bonds is 3. The van der Waals surface area contributed by atoms with Crippen LogP contribution in [0.3, 0.4) is 0 Å². The van der Waals surface area contributed by atoms with E-state index in [1.165, 1.54) is 32.1 Å². The van der Waals surface area contributed by atoms with Gasteiger partial charge < -0.3 is 22.6 Å². The lowest BCUT2D eigenvalue weighted by atomic mass is 9.72. The van der Waals surface area contributed by atoms with Crippen molar-refractivity contribution in [2.75, 3.05) is 23.9 Å². The Morgan fingerprint density at radius 3 is 2.52 bits per heavy atom. The molecule has 5 nitrogen and oxygen atoms in total. The molecule has 0 radical (unpaired) electrons. The lowest BCUT2D eigenvalue weighted by Gasteiger charge is -2.35. The zero-order chi connectivity index (χ0) is 15.9. The summed E-state index contributed by atoms with van der Waals surface area (Å²) in [5.41, 5.74) is 25.4. The Balaban J connectivity index is 0.000000211. The van der Waals surface area contributed by atoms with Crippen molar-refractivity contribution >= 4 is 17.1 Å². The number of hydrogen-bond donors (Lipinski definition) is 5. The molecule has 1 saturated carbocycles. The molecule has 0 aromatic heterocycles. The van der Waals surface area contributed by atoms with E-state index in [-0.39, 0.29) is 0 Å². The first-order chi connectivity index (χ1) is 9.90. The summed E-state index contributed by atoms with van der Waals surface area (Å²) < 4.78 is 0. The molecule has 0 saturated heterocycles. The second-order valence-corrected chi connectivity index (χ2v) is 6.24. The van der Waals surface area contributed by atoms with Gasteiger partial charge >= 0.3 is 0 Å². The Morgan fingerprint density at radius 1 is 1.33 bits per heavy atom. The van der Waals surface area contributed by atoms with Gasteiger partial charge in [0.05, 0.1) is 11.4 Å². The molecular weight excluding hydrogens is 262 g/mol. The number of hydrogen-bond acceptors (Lipinski definition) is 5. The predicted octanol–water partition coefficient (Wildman–Crippen LogP) is 2.70. The Bertz CT molecular complexity index is 435. The number of anilines is 3. The van der Waals surface area contributed by atoms with E-state index in [9.17, 15) is 0 Å². The van der Waals surface area contributed by atoms with Crippen molar-refractivity contribution in [2.24, 2.45) is 11.1 Å². The monoisotopic (exact) mass is 293 g/mol. The summed E-state index contributed by atoms with van der Waals surface area (Å²) in [7, 11) is 1.77. The van der Waals surface area contributed by atoms with Crippen molar-refractivity contribution in [3.05, 3.63) is 18.2 Å². The number of benzene rings is 1. The van der Waals surface area contributed by atoms with E-state index in [1.54, 1.807) is 19.2 Å². The van der Waals surface area contributed by atoms with Gasteiger partial charge in [-0.05, 0) is 42.9 Å². The van der Waals surface area contributed by atoms with E-state index < -0.39 is 0 Å². The fourth-order valence-corrected chi connectivity index (χ4v) is 2.78. The Labute approximate surface area is 128 Å². The number of nitrogens with one attached hydrogen (secondary N) is 2. The SMILES string of the molecule is CCC1(C)CCCC(N)C1.CNNc1ccc(N)cc1N. The topological polar surface area (TPSA) is 102 Å². The summed E-state index contributed by atoms with van der Waals surface area (Å²) >= 11 is 0. The van der Waals surface area contributed by atoms with Gasteiger partial charge in [0, 0.05) is 18.8 Å². The molecule has 2 atom stereocenters. The molecule has 21 heavy (non-hydrogen) atoms. The van der Waals surface area contributed by atoms with Gasteiger partial charge in [0.25, 0.3) is 0 Å². The highest BCUT2D eigenvalue weighted by Gasteiger charge is 2.28. The standard InChI is InChI=1S/C9H19N.C7H12N4/c1-3-9(2)6-4-5-8(10)7-9;1-10-11-7-3-2-5(8)4-6(7)9/h8H,3-7,10H2,1-2H3;2-4,10-11H,8-9H2,1H3. The van der Waals surface area contributed by atoms with Gasteiger partial charge in [-0.3, -0.25) is 0 Å². The Morgan fingerprint density at radius 2 is 2.05 bits per heavy atom. The molecular formula is C16H31N5. The van der Waals surface area contributed by atoms with E-state index in [0.29, 0.717) is 22.8 Å². The molecule has 1 aromatic carbocycles. The van der Waals surface area contributed by atoms with Crippen LogP contribution in [-0.4, -0.2) is 13.1 Å². The highest BCUT2D eigenvalue weighted by atomic mass is 15.3. The van der Waals surface area contributed by atoms with E-state index in [0.717, 1.165) is 5.69 Å². The minimum Gasteiger partial charge on any atom is -0.399 e. The quantitative estimate of drug-likeness (QED) is 0.435. The molecule has 8 N–H and O–H groups in total. The molecule has 1 aliphatic rings. The van der Waals surface area contributed by atoms with Gasteiger partial charge in [-0.2, -0.15) is 0 Å². The first-order valence-corrected chi connectivity index (χ1v) is 7.73. The van der Waals surface area contributed by atoms with Gasteiger partial charge in [-0.15, -0.1) is 0 Å². The highest BCUT2D eigenvalue weighted by molar-refractivity contribution is 5.70.